The molecule has 1 saturated carbocycles. The molecule has 0 unspecified atom stereocenters. The van der Waals surface area contributed by atoms with Gasteiger partial charge in [0, 0.05) is 36.8 Å². The van der Waals surface area contributed by atoms with Gasteiger partial charge in [-0.25, -0.2) is 9.97 Å². The van der Waals surface area contributed by atoms with E-state index in [9.17, 15) is 0 Å². The summed E-state index contributed by atoms with van der Waals surface area (Å²) in [5.74, 6) is 3.09. The zero-order valence-electron chi connectivity index (χ0n) is 12.9. The van der Waals surface area contributed by atoms with E-state index in [1.807, 2.05) is 13.1 Å². The monoisotopic (exact) mass is 300 g/mol. The van der Waals surface area contributed by atoms with Crippen LogP contribution in [-0.2, 0) is 6.54 Å². The zero-order chi connectivity index (χ0) is 15.1. The van der Waals surface area contributed by atoms with Crippen molar-refractivity contribution in [1.29, 1.82) is 0 Å². The molecule has 0 spiro atoms. The molecule has 116 valence electrons. The van der Waals surface area contributed by atoms with Gasteiger partial charge in [-0.2, -0.15) is 0 Å². The fraction of sp³-hybridized carbons (Fsp3) is 0.600. The number of hydrogen-bond donors (Lipinski definition) is 0. The lowest BCUT2D eigenvalue weighted by Gasteiger charge is -2.44. The highest BCUT2D eigenvalue weighted by atomic mass is 16.4. The van der Waals surface area contributed by atoms with Gasteiger partial charge >= 0.3 is 0 Å². The molecule has 2 fully saturated rings. The maximum Gasteiger partial charge on any atom is 0.230 e. The molecule has 2 aromatic heterocycles. The van der Waals surface area contributed by atoms with Crippen molar-refractivity contribution in [2.24, 2.45) is 0 Å². The molecule has 4 rings (SSSR count). The largest absolute Gasteiger partial charge is 0.424 e. The highest BCUT2D eigenvalue weighted by Gasteiger charge is 2.33. The van der Waals surface area contributed by atoms with Gasteiger partial charge in [-0.1, -0.05) is 0 Å². The van der Waals surface area contributed by atoms with Gasteiger partial charge in [0.05, 0.1) is 6.54 Å². The minimum Gasteiger partial charge on any atom is -0.424 e. The Labute approximate surface area is 129 Å². The van der Waals surface area contributed by atoms with Crippen molar-refractivity contribution >= 4 is 5.82 Å². The molecule has 1 saturated heterocycles. The maximum atomic E-state index is 5.73. The number of rotatable bonds is 5. The van der Waals surface area contributed by atoms with E-state index < -0.39 is 0 Å². The summed E-state index contributed by atoms with van der Waals surface area (Å²) in [5.41, 5.74) is 1.12. The Kier molecular flexibility index (Phi) is 3.29. The summed E-state index contributed by atoms with van der Waals surface area (Å²) in [5, 5.41) is 8.29. The van der Waals surface area contributed by atoms with Crippen molar-refractivity contribution in [3.05, 3.63) is 29.9 Å². The SMILES string of the molecule is Cc1cncnc1N1CC(N(C)Cc2nnc(C3CC3)o2)C1. The molecule has 0 aromatic carbocycles. The third kappa shape index (κ3) is 2.56. The number of nitrogens with zero attached hydrogens (tertiary/aromatic N) is 6. The molecule has 22 heavy (non-hydrogen) atoms. The van der Waals surface area contributed by atoms with Gasteiger partial charge < -0.3 is 9.32 Å². The van der Waals surface area contributed by atoms with Crippen molar-refractivity contribution in [1.82, 2.24) is 25.1 Å². The topological polar surface area (TPSA) is 71.2 Å². The summed E-state index contributed by atoms with van der Waals surface area (Å²) < 4.78 is 5.73. The first-order valence-corrected chi connectivity index (χ1v) is 7.75. The molecule has 2 aromatic rings. The van der Waals surface area contributed by atoms with Gasteiger partial charge in [0.15, 0.2) is 0 Å². The van der Waals surface area contributed by atoms with Crippen molar-refractivity contribution in [2.45, 2.75) is 38.3 Å². The summed E-state index contributed by atoms with van der Waals surface area (Å²) in [6, 6.07) is 0.491. The van der Waals surface area contributed by atoms with Crippen LogP contribution in [0.4, 0.5) is 5.82 Å². The number of hydrogen-bond acceptors (Lipinski definition) is 7. The number of aromatic nitrogens is 4. The molecule has 7 nitrogen and oxygen atoms in total. The molecule has 1 aliphatic heterocycles. The van der Waals surface area contributed by atoms with E-state index in [-0.39, 0.29) is 0 Å². The Morgan fingerprint density at radius 2 is 2.14 bits per heavy atom. The van der Waals surface area contributed by atoms with Crippen molar-refractivity contribution in [3.63, 3.8) is 0 Å². The van der Waals surface area contributed by atoms with Crippen LogP contribution in [-0.4, -0.2) is 51.2 Å². The molecule has 0 bridgehead atoms. The molecule has 0 atom stereocenters. The smallest absolute Gasteiger partial charge is 0.230 e. The van der Waals surface area contributed by atoms with Crippen molar-refractivity contribution in [3.8, 4) is 0 Å². The Bertz CT molecular complexity index is 662. The van der Waals surface area contributed by atoms with Gasteiger partial charge in [-0.05, 0) is 26.8 Å². The summed E-state index contributed by atoms with van der Waals surface area (Å²) in [7, 11) is 2.11. The quantitative estimate of drug-likeness (QED) is 0.825. The first kappa shape index (κ1) is 13.6. The Balaban J connectivity index is 1.33. The van der Waals surface area contributed by atoms with Crippen LogP contribution in [0, 0.1) is 6.92 Å². The lowest BCUT2D eigenvalue weighted by Crippen LogP contribution is -2.58. The van der Waals surface area contributed by atoms with Crippen LogP contribution in [0.5, 0.6) is 0 Å². The van der Waals surface area contributed by atoms with Gasteiger partial charge in [0.25, 0.3) is 0 Å². The van der Waals surface area contributed by atoms with Crippen LogP contribution in [0.1, 0.15) is 36.1 Å². The second kappa shape index (κ2) is 5.31. The predicted octanol–water partition coefficient (Wildman–Crippen LogP) is 1.37. The average Bonchev–Trinajstić information content (AvgIpc) is 3.20. The van der Waals surface area contributed by atoms with Crippen molar-refractivity contribution < 1.29 is 4.42 Å². The van der Waals surface area contributed by atoms with E-state index in [1.54, 1.807) is 6.33 Å². The lowest BCUT2D eigenvalue weighted by molar-refractivity contribution is 0.179. The summed E-state index contributed by atoms with van der Waals surface area (Å²) >= 11 is 0. The second-order valence-electron chi connectivity index (χ2n) is 6.31. The minimum atomic E-state index is 0.491. The van der Waals surface area contributed by atoms with Crippen LogP contribution in [0.25, 0.3) is 0 Å². The van der Waals surface area contributed by atoms with Crippen LogP contribution in [0.3, 0.4) is 0 Å². The first-order chi connectivity index (χ1) is 10.7. The molecule has 3 heterocycles. The maximum absolute atomic E-state index is 5.73. The summed E-state index contributed by atoms with van der Waals surface area (Å²) in [4.78, 5) is 13.0. The molecule has 0 N–H and O–H groups in total. The fourth-order valence-corrected chi connectivity index (χ4v) is 2.80. The van der Waals surface area contributed by atoms with E-state index in [0.717, 1.165) is 36.3 Å². The highest BCUT2D eigenvalue weighted by molar-refractivity contribution is 5.47. The molecular weight excluding hydrogens is 280 g/mol. The zero-order valence-corrected chi connectivity index (χ0v) is 12.9. The molecule has 0 radical (unpaired) electrons. The van der Waals surface area contributed by atoms with Crippen LogP contribution in [0.2, 0.25) is 0 Å². The minimum absolute atomic E-state index is 0.491. The van der Waals surface area contributed by atoms with Gasteiger partial charge in [-0.15, -0.1) is 10.2 Å². The number of likely N-dealkylation sites (N-methyl/N-ethyl adjacent to an activating group) is 1. The first-order valence-electron chi connectivity index (χ1n) is 7.75. The molecule has 1 aliphatic carbocycles. The average molecular weight is 300 g/mol. The Hall–Kier alpha value is -2.02. The van der Waals surface area contributed by atoms with Gasteiger partial charge in [0.2, 0.25) is 11.8 Å². The van der Waals surface area contributed by atoms with Crippen molar-refractivity contribution in [2.75, 3.05) is 25.0 Å². The Morgan fingerprint density at radius 1 is 1.32 bits per heavy atom. The molecule has 7 heteroatoms. The molecule has 0 amide bonds. The standard InChI is InChI=1S/C15H20N6O/c1-10-5-16-9-17-14(10)21-6-12(7-21)20(2)8-13-18-19-15(22-13)11-3-4-11/h5,9,11-12H,3-4,6-8H2,1-2H3. The van der Waals surface area contributed by atoms with Gasteiger partial charge in [-0.3, -0.25) is 4.90 Å². The van der Waals surface area contributed by atoms with Crippen LogP contribution < -0.4 is 4.90 Å². The third-order valence-corrected chi connectivity index (χ3v) is 4.45. The summed E-state index contributed by atoms with van der Waals surface area (Å²) in [6.45, 7) is 4.70. The number of aryl methyl sites for hydroxylation is 1. The van der Waals surface area contributed by atoms with Crippen LogP contribution >= 0.6 is 0 Å². The van der Waals surface area contributed by atoms with Gasteiger partial charge in [0.1, 0.15) is 12.1 Å². The Morgan fingerprint density at radius 3 is 2.86 bits per heavy atom. The van der Waals surface area contributed by atoms with E-state index in [1.165, 1.54) is 12.8 Å². The normalized spacial score (nSPS) is 18.8. The van der Waals surface area contributed by atoms with E-state index >= 15 is 0 Å². The van der Waals surface area contributed by atoms with E-state index in [4.69, 9.17) is 4.42 Å². The molecular formula is C15H20N6O. The fourth-order valence-electron chi connectivity index (χ4n) is 2.80. The predicted molar refractivity (Wildman–Crippen MR) is 80.5 cm³/mol. The second-order valence-corrected chi connectivity index (χ2v) is 6.31. The van der Waals surface area contributed by atoms with E-state index in [0.29, 0.717) is 18.5 Å². The lowest BCUT2D eigenvalue weighted by atomic mass is 10.1. The highest BCUT2D eigenvalue weighted by Crippen LogP contribution is 2.39. The van der Waals surface area contributed by atoms with E-state index in [2.05, 4.69) is 37.0 Å². The van der Waals surface area contributed by atoms with Crippen LogP contribution in [0.15, 0.2) is 16.9 Å². The molecule has 2 aliphatic rings. The third-order valence-electron chi connectivity index (χ3n) is 4.45. The summed E-state index contributed by atoms with van der Waals surface area (Å²) in [6.07, 6.45) is 5.84. The number of anilines is 1.